The zero-order chi connectivity index (χ0) is 15.2. The Kier molecular flexibility index (Phi) is 5.20. The fourth-order valence-corrected chi connectivity index (χ4v) is 2.60. The zero-order valence-corrected chi connectivity index (χ0v) is 12.3. The van der Waals surface area contributed by atoms with E-state index in [2.05, 4.69) is 24.4 Å². The molecule has 2 atom stereocenters. The number of amides is 2. The van der Waals surface area contributed by atoms with Crippen LogP contribution < -0.4 is 5.32 Å². The third-order valence-corrected chi connectivity index (χ3v) is 4.05. The molecule has 2 amide bonds. The van der Waals surface area contributed by atoms with Gasteiger partial charge in [-0.3, -0.25) is 4.79 Å². The summed E-state index contributed by atoms with van der Waals surface area (Å²) in [5, 5.41) is 11.8. The smallest absolute Gasteiger partial charge is 0.317 e. The summed E-state index contributed by atoms with van der Waals surface area (Å²) in [7, 11) is 0. The van der Waals surface area contributed by atoms with Gasteiger partial charge in [-0.05, 0) is 24.3 Å². The molecule has 2 unspecified atom stereocenters. The third kappa shape index (κ3) is 4.21. The van der Waals surface area contributed by atoms with Crippen LogP contribution in [0.25, 0.3) is 0 Å². The van der Waals surface area contributed by atoms with E-state index in [0.29, 0.717) is 32.0 Å². The lowest BCUT2D eigenvalue weighted by Gasteiger charge is -2.18. The van der Waals surface area contributed by atoms with Gasteiger partial charge >= 0.3 is 12.0 Å². The van der Waals surface area contributed by atoms with Gasteiger partial charge in [0.05, 0.1) is 5.92 Å². The molecule has 21 heavy (non-hydrogen) atoms. The van der Waals surface area contributed by atoms with Crippen molar-refractivity contribution in [3.05, 3.63) is 35.9 Å². The molecule has 0 saturated carbocycles. The standard InChI is InChI=1S/C16H22N2O3/c1-12(13-5-3-2-4-6-13)7-9-17-16(21)18-10-8-14(11-18)15(19)20/h2-6,12,14H,7-11H2,1H3,(H,17,21)(H,19,20). The van der Waals surface area contributed by atoms with Crippen LogP contribution in [-0.2, 0) is 4.79 Å². The van der Waals surface area contributed by atoms with Crippen molar-refractivity contribution in [2.24, 2.45) is 5.92 Å². The summed E-state index contributed by atoms with van der Waals surface area (Å²) in [4.78, 5) is 24.4. The van der Waals surface area contributed by atoms with Gasteiger partial charge in [0.25, 0.3) is 0 Å². The fourth-order valence-electron chi connectivity index (χ4n) is 2.60. The maximum Gasteiger partial charge on any atom is 0.317 e. The van der Waals surface area contributed by atoms with Crippen LogP contribution in [0.1, 0.15) is 31.2 Å². The summed E-state index contributed by atoms with van der Waals surface area (Å²) in [6, 6.07) is 10.0. The first-order valence-electron chi connectivity index (χ1n) is 7.38. The minimum Gasteiger partial charge on any atom is -0.481 e. The summed E-state index contributed by atoms with van der Waals surface area (Å²) in [6.07, 6.45) is 1.41. The van der Waals surface area contributed by atoms with Crippen LogP contribution in [0.4, 0.5) is 4.79 Å². The van der Waals surface area contributed by atoms with Crippen LogP contribution in [0.5, 0.6) is 0 Å². The number of urea groups is 1. The van der Waals surface area contributed by atoms with Crippen molar-refractivity contribution >= 4 is 12.0 Å². The number of carbonyl (C=O) groups excluding carboxylic acids is 1. The molecule has 1 aliphatic rings. The predicted molar refractivity (Wildman–Crippen MR) is 80.2 cm³/mol. The maximum absolute atomic E-state index is 12.0. The first kappa shape index (κ1) is 15.4. The van der Waals surface area contributed by atoms with E-state index in [4.69, 9.17) is 5.11 Å². The highest BCUT2D eigenvalue weighted by Gasteiger charge is 2.30. The number of benzene rings is 1. The number of carboxylic acid groups (broad SMARTS) is 1. The van der Waals surface area contributed by atoms with Gasteiger partial charge in [0.1, 0.15) is 0 Å². The average Bonchev–Trinajstić information content (AvgIpc) is 2.98. The monoisotopic (exact) mass is 290 g/mol. The minimum atomic E-state index is -0.817. The van der Waals surface area contributed by atoms with Crippen LogP contribution in [0.2, 0.25) is 0 Å². The second kappa shape index (κ2) is 7.11. The Morgan fingerprint density at radius 2 is 2.10 bits per heavy atom. The Balaban J connectivity index is 1.71. The molecule has 1 aromatic carbocycles. The van der Waals surface area contributed by atoms with Gasteiger partial charge in [-0.15, -0.1) is 0 Å². The Morgan fingerprint density at radius 1 is 1.38 bits per heavy atom. The normalized spacial score (nSPS) is 19.3. The lowest BCUT2D eigenvalue weighted by molar-refractivity contribution is -0.141. The van der Waals surface area contributed by atoms with Gasteiger partial charge in [0.15, 0.2) is 0 Å². The molecule has 1 heterocycles. The summed E-state index contributed by atoms with van der Waals surface area (Å²) >= 11 is 0. The summed E-state index contributed by atoms with van der Waals surface area (Å²) in [5.41, 5.74) is 1.26. The van der Waals surface area contributed by atoms with Crippen molar-refractivity contribution in [2.45, 2.75) is 25.7 Å². The van der Waals surface area contributed by atoms with Crippen molar-refractivity contribution in [2.75, 3.05) is 19.6 Å². The molecule has 2 N–H and O–H groups in total. The van der Waals surface area contributed by atoms with Crippen molar-refractivity contribution in [1.82, 2.24) is 10.2 Å². The largest absolute Gasteiger partial charge is 0.481 e. The van der Waals surface area contributed by atoms with Gasteiger partial charge < -0.3 is 15.3 Å². The number of likely N-dealkylation sites (tertiary alicyclic amines) is 1. The SMILES string of the molecule is CC(CCNC(=O)N1CCC(C(=O)O)C1)c1ccccc1. The summed E-state index contributed by atoms with van der Waals surface area (Å²) in [6.45, 7) is 3.58. The number of nitrogens with one attached hydrogen (secondary N) is 1. The number of carboxylic acids is 1. The van der Waals surface area contributed by atoms with Crippen molar-refractivity contribution in [3.8, 4) is 0 Å². The van der Waals surface area contributed by atoms with Gasteiger partial charge in [0, 0.05) is 19.6 Å². The topological polar surface area (TPSA) is 69.6 Å². The summed E-state index contributed by atoms with van der Waals surface area (Å²) in [5.74, 6) is -0.848. The van der Waals surface area contributed by atoms with Crippen molar-refractivity contribution < 1.29 is 14.7 Å². The highest BCUT2D eigenvalue weighted by Crippen LogP contribution is 2.18. The molecule has 5 heteroatoms. The number of carbonyl (C=O) groups is 2. The molecule has 0 radical (unpaired) electrons. The van der Waals surface area contributed by atoms with Gasteiger partial charge in [0.2, 0.25) is 0 Å². The predicted octanol–water partition coefficient (Wildman–Crippen LogP) is 2.30. The Bertz CT molecular complexity index is 490. The van der Waals surface area contributed by atoms with Crippen LogP contribution in [0, 0.1) is 5.92 Å². The molecule has 0 bridgehead atoms. The van der Waals surface area contributed by atoms with E-state index in [1.54, 1.807) is 4.90 Å². The first-order chi connectivity index (χ1) is 10.1. The number of nitrogens with zero attached hydrogens (tertiary/aromatic N) is 1. The van der Waals surface area contributed by atoms with E-state index >= 15 is 0 Å². The van der Waals surface area contributed by atoms with Crippen LogP contribution >= 0.6 is 0 Å². The second-order valence-electron chi connectivity index (χ2n) is 5.60. The molecule has 0 spiro atoms. The van der Waals surface area contributed by atoms with E-state index < -0.39 is 11.9 Å². The molecular formula is C16H22N2O3. The second-order valence-corrected chi connectivity index (χ2v) is 5.60. The quantitative estimate of drug-likeness (QED) is 0.874. The molecule has 2 rings (SSSR count). The number of rotatable bonds is 5. The molecule has 0 aromatic heterocycles. The molecular weight excluding hydrogens is 268 g/mol. The molecule has 1 aromatic rings. The lowest BCUT2D eigenvalue weighted by Crippen LogP contribution is -2.39. The highest BCUT2D eigenvalue weighted by molar-refractivity contribution is 5.77. The average molecular weight is 290 g/mol. The van der Waals surface area contributed by atoms with E-state index in [1.165, 1.54) is 5.56 Å². The fraction of sp³-hybridized carbons (Fsp3) is 0.500. The number of hydrogen-bond acceptors (Lipinski definition) is 2. The molecule has 0 aliphatic carbocycles. The number of hydrogen-bond donors (Lipinski definition) is 2. The Labute approximate surface area is 125 Å². The first-order valence-corrected chi connectivity index (χ1v) is 7.38. The molecule has 1 saturated heterocycles. The van der Waals surface area contributed by atoms with Crippen molar-refractivity contribution in [1.29, 1.82) is 0 Å². The van der Waals surface area contributed by atoms with E-state index in [-0.39, 0.29) is 6.03 Å². The molecule has 1 fully saturated rings. The van der Waals surface area contributed by atoms with Crippen LogP contribution in [-0.4, -0.2) is 41.6 Å². The van der Waals surface area contributed by atoms with Gasteiger partial charge in [-0.25, -0.2) is 4.79 Å². The maximum atomic E-state index is 12.0. The molecule has 5 nitrogen and oxygen atoms in total. The lowest BCUT2D eigenvalue weighted by atomic mass is 9.98. The Hall–Kier alpha value is -2.04. The van der Waals surface area contributed by atoms with Crippen LogP contribution in [0.15, 0.2) is 30.3 Å². The van der Waals surface area contributed by atoms with E-state index in [9.17, 15) is 9.59 Å². The van der Waals surface area contributed by atoms with Crippen molar-refractivity contribution in [3.63, 3.8) is 0 Å². The van der Waals surface area contributed by atoms with Crippen LogP contribution in [0.3, 0.4) is 0 Å². The Morgan fingerprint density at radius 3 is 2.71 bits per heavy atom. The molecule has 114 valence electrons. The van der Waals surface area contributed by atoms with E-state index in [0.717, 1.165) is 6.42 Å². The summed E-state index contributed by atoms with van der Waals surface area (Å²) < 4.78 is 0. The highest BCUT2D eigenvalue weighted by atomic mass is 16.4. The van der Waals surface area contributed by atoms with Gasteiger partial charge in [-0.2, -0.15) is 0 Å². The van der Waals surface area contributed by atoms with Gasteiger partial charge in [-0.1, -0.05) is 37.3 Å². The molecule has 1 aliphatic heterocycles. The van der Waals surface area contributed by atoms with E-state index in [1.807, 2.05) is 18.2 Å². The zero-order valence-electron chi connectivity index (χ0n) is 12.3. The third-order valence-electron chi connectivity index (χ3n) is 4.05. The minimum absolute atomic E-state index is 0.154. The number of aliphatic carboxylic acids is 1.